The van der Waals surface area contributed by atoms with E-state index in [4.69, 9.17) is 15.3 Å². The Kier molecular flexibility index (Phi) is 12.2. The van der Waals surface area contributed by atoms with Gasteiger partial charge in [0.15, 0.2) is 17.2 Å². The summed E-state index contributed by atoms with van der Waals surface area (Å²) in [4.78, 5) is 31.7. The van der Waals surface area contributed by atoms with Crippen molar-refractivity contribution in [3.63, 3.8) is 0 Å². The summed E-state index contributed by atoms with van der Waals surface area (Å²) in [5, 5.41) is 26.3. The van der Waals surface area contributed by atoms with Gasteiger partial charge in [0, 0.05) is 19.5 Å². The smallest absolute Gasteiger partial charge is 0.220 e. The number of hydrogen-bond acceptors (Lipinski definition) is 6. The van der Waals surface area contributed by atoms with Crippen molar-refractivity contribution in [3.05, 3.63) is 122 Å². The van der Waals surface area contributed by atoms with Crippen LogP contribution in [0.3, 0.4) is 0 Å². The summed E-state index contributed by atoms with van der Waals surface area (Å²) >= 11 is 0. The van der Waals surface area contributed by atoms with Crippen molar-refractivity contribution < 1.29 is 34.8 Å². The quantitative estimate of drug-likeness (QED) is 0.438. The van der Waals surface area contributed by atoms with Crippen LogP contribution in [0.1, 0.15) is 0 Å². The topological polar surface area (TPSA) is 112 Å². The van der Waals surface area contributed by atoms with Crippen molar-refractivity contribution in [2.75, 3.05) is 0 Å². The first kappa shape index (κ1) is 24.7. The summed E-state index contributed by atoms with van der Waals surface area (Å²) in [5.74, 6) is -0.625. The Morgan fingerprint density at radius 1 is 0.393 bits per heavy atom. The van der Waals surface area contributed by atoms with Crippen molar-refractivity contribution >= 4 is 0 Å². The molecule has 0 aromatic heterocycles. The molecule has 0 aliphatic heterocycles. The normalized spacial score (nSPS) is 8.57. The SMILES string of the molecule is O=c1cccccc1O.O=c1cccccc1O.O=c1cccccc1O.[Ru]. The van der Waals surface area contributed by atoms with Crippen LogP contribution in [0.4, 0.5) is 0 Å². The minimum absolute atomic E-state index is 0. The Labute approximate surface area is 173 Å². The van der Waals surface area contributed by atoms with E-state index in [0.717, 1.165) is 0 Å². The second-order valence-corrected chi connectivity index (χ2v) is 4.98. The van der Waals surface area contributed by atoms with E-state index < -0.39 is 0 Å². The second-order valence-electron chi connectivity index (χ2n) is 4.98. The first-order valence-corrected chi connectivity index (χ1v) is 7.77. The molecule has 0 spiro atoms. The first-order chi connectivity index (χ1) is 12.9. The van der Waals surface area contributed by atoms with Gasteiger partial charge in [-0.1, -0.05) is 54.6 Å². The number of rotatable bonds is 0. The van der Waals surface area contributed by atoms with Crippen molar-refractivity contribution in [3.8, 4) is 17.2 Å². The average molecular weight is 467 g/mol. The van der Waals surface area contributed by atoms with Gasteiger partial charge in [0.1, 0.15) is 0 Å². The van der Waals surface area contributed by atoms with Gasteiger partial charge in [-0.05, 0) is 36.4 Å². The minimum Gasteiger partial charge on any atom is -0.504 e. The molecule has 6 nitrogen and oxygen atoms in total. The van der Waals surface area contributed by atoms with Crippen LogP contribution in [0.15, 0.2) is 105 Å². The van der Waals surface area contributed by atoms with Crippen LogP contribution in [0.2, 0.25) is 0 Å². The van der Waals surface area contributed by atoms with E-state index in [0.29, 0.717) is 0 Å². The molecule has 0 fully saturated rings. The molecule has 0 amide bonds. The molecule has 3 N–H and O–H groups in total. The number of aromatic hydroxyl groups is 3. The molecule has 0 heterocycles. The third kappa shape index (κ3) is 9.99. The molecule has 0 aliphatic carbocycles. The van der Waals surface area contributed by atoms with Gasteiger partial charge in [0.25, 0.3) is 0 Å². The molecule has 28 heavy (non-hydrogen) atoms. The zero-order chi connectivity index (χ0) is 20.1. The molecule has 7 heteroatoms. The minimum atomic E-state index is -0.347. The van der Waals surface area contributed by atoms with Gasteiger partial charge < -0.3 is 15.3 Å². The maximum Gasteiger partial charge on any atom is 0.220 e. The molecule has 0 saturated heterocycles. The van der Waals surface area contributed by atoms with E-state index >= 15 is 0 Å². The second kappa shape index (κ2) is 13.8. The molecule has 3 rings (SSSR count). The van der Waals surface area contributed by atoms with E-state index in [2.05, 4.69) is 0 Å². The Morgan fingerprint density at radius 3 is 0.857 bits per heavy atom. The van der Waals surface area contributed by atoms with Crippen LogP contribution >= 0.6 is 0 Å². The predicted molar refractivity (Wildman–Crippen MR) is 103 cm³/mol. The zero-order valence-corrected chi connectivity index (χ0v) is 16.3. The van der Waals surface area contributed by atoms with Crippen molar-refractivity contribution in [2.45, 2.75) is 0 Å². The maximum atomic E-state index is 10.6. The molecule has 146 valence electrons. The molecule has 0 unspecified atom stereocenters. The van der Waals surface area contributed by atoms with E-state index in [1.165, 1.54) is 36.4 Å². The third-order valence-corrected chi connectivity index (χ3v) is 2.93. The molecule has 0 atom stereocenters. The molecule has 3 aromatic rings. The molecule has 0 aliphatic rings. The van der Waals surface area contributed by atoms with Gasteiger partial charge in [0.2, 0.25) is 16.3 Å². The summed E-state index contributed by atoms with van der Waals surface area (Å²) in [7, 11) is 0. The van der Waals surface area contributed by atoms with Crippen molar-refractivity contribution in [1.29, 1.82) is 0 Å². The predicted octanol–water partition coefficient (Wildman–Crippen LogP) is 2.25. The Bertz CT molecular complexity index is 906. The Hall–Kier alpha value is -3.31. The van der Waals surface area contributed by atoms with E-state index in [1.54, 1.807) is 54.6 Å². The summed E-state index contributed by atoms with van der Waals surface area (Å²) in [6, 6.07) is 22.7. The van der Waals surface area contributed by atoms with E-state index in [1.807, 2.05) is 0 Å². The third-order valence-electron chi connectivity index (χ3n) is 2.93. The monoisotopic (exact) mass is 468 g/mol. The Morgan fingerprint density at radius 2 is 0.607 bits per heavy atom. The standard InChI is InChI=1S/3C7H6O2.Ru/c3*8-6-4-2-1-3-5-7(6)9;/h3*1-5H,(H,8,9);. The Balaban J connectivity index is 0.000000384. The average Bonchev–Trinajstić information content (AvgIpc) is 3.04. The summed E-state index contributed by atoms with van der Waals surface area (Å²) in [5.41, 5.74) is -1.04. The first-order valence-electron chi connectivity index (χ1n) is 7.77. The van der Waals surface area contributed by atoms with Gasteiger partial charge in [-0.15, -0.1) is 0 Å². The van der Waals surface area contributed by atoms with Crippen LogP contribution in [-0.4, -0.2) is 15.3 Å². The van der Waals surface area contributed by atoms with E-state index in [9.17, 15) is 14.4 Å². The van der Waals surface area contributed by atoms with Gasteiger partial charge in [-0.2, -0.15) is 0 Å². The van der Waals surface area contributed by atoms with Crippen LogP contribution in [-0.2, 0) is 19.5 Å². The maximum absolute atomic E-state index is 10.6. The van der Waals surface area contributed by atoms with Crippen LogP contribution in [0, 0.1) is 0 Å². The molecule has 0 saturated carbocycles. The molecule has 0 radical (unpaired) electrons. The fourth-order valence-electron chi connectivity index (χ4n) is 1.56. The van der Waals surface area contributed by atoms with Crippen LogP contribution < -0.4 is 16.3 Å². The zero-order valence-electron chi connectivity index (χ0n) is 14.6. The largest absolute Gasteiger partial charge is 0.504 e. The van der Waals surface area contributed by atoms with E-state index in [-0.39, 0.29) is 53.0 Å². The van der Waals surface area contributed by atoms with Crippen molar-refractivity contribution in [2.24, 2.45) is 0 Å². The summed E-state index contributed by atoms with van der Waals surface area (Å²) < 4.78 is 0. The molecule has 3 aromatic carbocycles. The van der Waals surface area contributed by atoms with Gasteiger partial charge in [-0.25, -0.2) is 0 Å². The molecular weight excluding hydrogens is 449 g/mol. The summed E-state index contributed by atoms with van der Waals surface area (Å²) in [6.45, 7) is 0. The van der Waals surface area contributed by atoms with Gasteiger partial charge in [0.05, 0.1) is 0 Å². The summed E-state index contributed by atoms with van der Waals surface area (Å²) in [6.07, 6.45) is 0. The fraction of sp³-hybridized carbons (Fsp3) is 0. The van der Waals surface area contributed by atoms with Gasteiger partial charge >= 0.3 is 0 Å². The molecular formula is C21H18O6Ru. The van der Waals surface area contributed by atoms with Crippen molar-refractivity contribution in [1.82, 2.24) is 0 Å². The molecule has 0 bridgehead atoms. The number of hydrogen-bond donors (Lipinski definition) is 3. The van der Waals surface area contributed by atoms with Gasteiger partial charge in [-0.3, -0.25) is 14.4 Å². The van der Waals surface area contributed by atoms with Crippen LogP contribution in [0.25, 0.3) is 0 Å². The fourth-order valence-corrected chi connectivity index (χ4v) is 1.56. The van der Waals surface area contributed by atoms with Crippen LogP contribution in [0.5, 0.6) is 17.2 Å².